The largest absolute Gasteiger partial charge is 0.416 e. The van der Waals surface area contributed by atoms with Gasteiger partial charge in [-0.15, -0.1) is 0 Å². The molecule has 0 N–H and O–H groups in total. The highest BCUT2D eigenvalue weighted by atomic mass is 19.4. The highest BCUT2D eigenvalue weighted by molar-refractivity contribution is 6.12. The predicted molar refractivity (Wildman–Crippen MR) is 180 cm³/mol. The predicted octanol–water partition coefficient (Wildman–Crippen LogP) is 11.8. The van der Waals surface area contributed by atoms with Crippen LogP contribution in [0.25, 0.3) is 66.1 Å². The maximum absolute atomic E-state index is 13.9. The van der Waals surface area contributed by atoms with Gasteiger partial charge in [0.05, 0.1) is 56.2 Å². The van der Waals surface area contributed by atoms with E-state index >= 15 is 0 Å². The molecule has 0 radical (unpaired) electrons. The molecule has 0 saturated heterocycles. The van der Waals surface area contributed by atoms with E-state index in [1.165, 1.54) is 12.1 Å². The molecule has 0 amide bonds. The monoisotopic (exact) mass is 659 g/mol. The van der Waals surface area contributed by atoms with Gasteiger partial charge < -0.3 is 9.13 Å². The van der Waals surface area contributed by atoms with E-state index in [9.17, 15) is 31.6 Å². The van der Waals surface area contributed by atoms with Crippen LogP contribution in [0.2, 0.25) is 0 Å². The molecule has 0 bridgehead atoms. The van der Waals surface area contributed by atoms with Gasteiger partial charge in [-0.05, 0) is 96.4 Å². The first-order valence-electron chi connectivity index (χ1n) is 15.3. The average molecular weight is 660 g/mol. The van der Waals surface area contributed by atoms with Gasteiger partial charge in [0.25, 0.3) is 0 Å². The maximum atomic E-state index is 13.9. The van der Waals surface area contributed by atoms with Crippen LogP contribution in [0.1, 0.15) is 22.3 Å². The van der Waals surface area contributed by atoms with Crippen molar-refractivity contribution >= 4 is 43.6 Å². The highest BCUT2D eigenvalue weighted by Crippen LogP contribution is 2.43. The molecule has 0 spiro atoms. The Morgan fingerprint density at radius 2 is 1.00 bits per heavy atom. The third-order valence-corrected chi connectivity index (χ3v) is 9.11. The molecule has 6 aromatic carbocycles. The number of nitrogens with zero attached hydrogens (tertiary/aromatic N) is 3. The number of fused-ring (bicyclic) bond motifs is 6. The highest BCUT2D eigenvalue weighted by Gasteiger charge is 2.33. The Bertz CT molecular complexity index is 2670. The molecule has 0 atom stereocenters. The van der Waals surface area contributed by atoms with Crippen LogP contribution in [-0.2, 0) is 12.4 Å². The molecular weight excluding hydrogens is 636 g/mol. The Balaban J connectivity index is 1.53. The number of hydrogen-bond donors (Lipinski definition) is 0. The molecule has 0 saturated carbocycles. The number of para-hydroxylation sites is 2. The Morgan fingerprint density at radius 1 is 0.510 bits per heavy atom. The van der Waals surface area contributed by atoms with Gasteiger partial charge in [-0.1, -0.05) is 48.5 Å². The van der Waals surface area contributed by atoms with Crippen molar-refractivity contribution in [3.05, 3.63) is 144 Å². The van der Waals surface area contributed by atoms with Crippen molar-refractivity contribution < 1.29 is 26.3 Å². The molecule has 8 rings (SSSR count). The summed E-state index contributed by atoms with van der Waals surface area (Å²) < 4.78 is 87.3. The summed E-state index contributed by atoms with van der Waals surface area (Å²) >= 11 is 0. The first-order valence-corrected chi connectivity index (χ1v) is 15.3. The van der Waals surface area contributed by atoms with E-state index in [2.05, 4.69) is 6.07 Å². The summed E-state index contributed by atoms with van der Waals surface area (Å²) in [6.45, 7) is 1.92. The van der Waals surface area contributed by atoms with E-state index in [1.54, 1.807) is 42.5 Å². The Hall–Kier alpha value is -6.01. The van der Waals surface area contributed by atoms with Crippen molar-refractivity contribution in [2.75, 3.05) is 0 Å². The van der Waals surface area contributed by atoms with Gasteiger partial charge in [-0.25, -0.2) is 0 Å². The number of halogens is 6. The summed E-state index contributed by atoms with van der Waals surface area (Å²) in [6, 6.07) is 34.9. The molecule has 0 aliphatic heterocycles. The molecule has 2 aromatic heterocycles. The molecule has 49 heavy (non-hydrogen) atoms. The summed E-state index contributed by atoms with van der Waals surface area (Å²) in [7, 11) is 0. The normalized spacial score (nSPS) is 12.4. The molecule has 240 valence electrons. The lowest BCUT2D eigenvalue weighted by Crippen LogP contribution is -2.07. The third kappa shape index (κ3) is 4.82. The van der Waals surface area contributed by atoms with Gasteiger partial charge >= 0.3 is 12.4 Å². The fraction of sp³-hybridized carbons (Fsp3) is 0.0750. The van der Waals surface area contributed by atoms with Gasteiger partial charge in [0, 0.05) is 21.5 Å². The lowest BCUT2D eigenvalue weighted by molar-refractivity contribution is -0.138. The number of nitriles is 1. The van der Waals surface area contributed by atoms with Crippen LogP contribution in [0, 0.1) is 18.3 Å². The van der Waals surface area contributed by atoms with E-state index in [1.807, 2.05) is 58.5 Å². The minimum Gasteiger partial charge on any atom is -0.307 e. The SMILES string of the molecule is Cc1cc(-n2c3ccccc3c3cc(C(F)(F)F)ccc32)c(-n2c3ccccc3c3cc(C(F)(F)F)ccc32)cc1-c1cccc(C#N)c1. The molecule has 8 aromatic rings. The van der Waals surface area contributed by atoms with Crippen LogP contribution in [-0.4, -0.2) is 9.13 Å². The zero-order chi connectivity index (χ0) is 34.2. The van der Waals surface area contributed by atoms with E-state index in [0.717, 1.165) is 41.0 Å². The standard InChI is InChI=1S/C40H23F6N3/c1-23-17-37(48-33-11-4-2-9-28(33)31-19-26(39(41,42)43)13-15-35(31)48)38(21-30(23)25-8-6-7-24(18-25)22-47)49-34-12-5-3-10-29(34)32-20-27(40(44,45)46)14-16-36(32)49/h2-21H,1H3. The van der Waals surface area contributed by atoms with Crippen LogP contribution in [0.3, 0.4) is 0 Å². The van der Waals surface area contributed by atoms with Gasteiger partial charge in [0.2, 0.25) is 0 Å². The summed E-state index contributed by atoms with van der Waals surface area (Å²) in [5.74, 6) is 0. The van der Waals surface area contributed by atoms with Crippen molar-refractivity contribution in [1.29, 1.82) is 5.26 Å². The minimum absolute atomic E-state index is 0.405. The Kier molecular flexibility index (Phi) is 6.66. The minimum atomic E-state index is -4.55. The zero-order valence-electron chi connectivity index (χ0n) is 25.7. The first kappa shape index (κ1) is 30.3. The number of benzene rings is 6. The topological polar surface area (TPSA) is 33.6 Å². The summed E-state index contributed by atoms with van der Waals surface area (Å²) in [5.41, 5.74) is 4.88. The third-order valence-electron chi connectivity index (χ3n) is 9.11. The second kappa shape index (κ2) is 10.8. The zero-order valence-corrected chi connectivity index (χ0v) is 25.7. The Morgan fingerprint density at radius 3 is 1.51 bits per heavy atom. The number of aryl methyl sites for hydroxylation is 1. The van der Waals surface area contributed by atoms with E-state index < -0.39 is 23.5 Å². The Labute approximate surface area is 275 Å². The van der Waals surface area contributed by atoms with Crippen LogP contribution in [0.15, 0.2) is 121 Å². The fourth-order valence-corrected chi connectivity index (χ4v) is 6.92. The summed E-state index contributed by atoms with van der Waals surface area (Å²) in [6.07, 6.45) is -9.10. The molecule has 2 heterocycles. The average Bonchev–Trinajstić information content (AvgIpc) is 3.59. The number of aromatic nitrogens is 2. The van der Waals surface area contributed by atoms with Gasteiger partial charge in [-0.3, -0.25) is 0 Å². The van der Waals surface area contributed by atoms with Crippen LogP contribution in [0.5, 0.6) is 0 Å². The van der Waals surface area contributed by atoms with Crippen LogP contribution in [0.4, 0.5) is 26.3 Å². The van der Waals surface area contributed by atoms with Gasteiger partial charge in [0.1, 0.15) is 0 Å². The van der Waals surface area contributed by atoms with Crippen molar-refractivity contribution in [2.24, 2.45) is 0 Å². The molecule has 0 unspecified atom stereocenters. The summed E-state index contributed by atoms with van der Waals surface area (Å²) in [4.78, 5) is 0. The van der Waals surface area contributed by atoms with Gasteiger partial charge in [-0.2, -0.15) is 31.6 Å². The molecule has 9 heteroatoms. The maximum Gasteiger partial charge on any atom is 0.416 e. The molecule has 3 nitrogen and oxygen atoms in total. The molecule has 0 aliphatic carbocycles. The number of rotatable bonds is 3. The second-order valence-corrected chi connectivity index (χ2v) is 12.0. The fourth-order valence-electron chi connectivity index (χ4n) is 6.92. The van der Waals surface area contributed by atoms with Gasteiger partial charge in [0.15, 0.2) is 0 Å². The second-order valence-electron chi connectivity index (χ2n) is 12.0. The smallest absolute Gasteiger partial charge is 0.307 e. The lowest BCUT2D eigenvalue weighted by atomic mass is 9.97. The quantitative estimate of drug-likeness (QED) is 0.174. The first-order chi connectivity index (χ1) is 23.4. The molecule has 0 aliphatic rings. The van der Waals surface area contributed by atoms with Crippen molar-refractivity contribution in [2.45, 2.75) is 19.3 Å². The lowest BCUT2D eigenvalue weighted by Gasteiger charge is -2.20. The molecular formula is C40H23F6N3. The van der Waals surface area contributed by atoms with Crippen LogP contribution >= 0.6 is 0 Å². The molecule has 0 fully saturated rings. The van der Waals surface area contributed by atoms with Crippen molar-refractivity contribution in [3.8, 4) is 28.6 Å². The van der Waals surface area contributed by atoms with Crippen molar-refractivity contribution in [1.82, 2.24) is 9.13 Å². The summed E-state index contributed by atoms with van der Waals surface area (Å²) in [5, 5.41) is 11.7. The van der Waals surface area contributed by atoms with E-state index in [0.29, 0.717) is 60.5 Å². The number of hydrogen-bond acceptors (Lipinski definition) is 1. The number of alkyl halides is 6. The van der Waals surface area contributed by atoms with E-state index in [4.69, 9.17) is 0 Å². The van der Waals surface area contributed by atoms with Crippen molar-refractivity contribution in [3.63, 3.8) is 0 Å². The van der Waals surface area contributed by atoms with Crippen LogP contribution < -0.4 is 0 Å². The van der Waals surface area contributed by atoms with E-state index in [-0.39, 0.29) is 0 Å².